The molecule has 0 heterocycles. The zero-order chi connectivity index (χ0) is 30.5. The minimum atomic E-state index is -0.0927. The third-order valence-corrected chi connectivity index (χ3v) is 7.59. The molecule has 2 N–H and O–H groups in total. The summed E-state index contributed by atoms with van der Waals surface area (Å²) in [6.07, 6.45) is 23.8. The molecule has 0 aliphatic heterocycles. The second kappa shape index (κ2) is 20.1. The van der Waals surface area contributed by atoms with Gasteiger partial charge in [-0.2, -0.15) is 0 Å². The predicted molar refractivity (Wildman–Crippen MR) is 179 cm³/mol. The third kappa shape index (κ3) is 13.8. The second-order valence-corrected chi connectivity index (χ2v) is 11.3. The molecular weight excluding hydrogens is 534 g/mol. The molecule has 43 heavy (non-hydrogen) atoms. The van der Waals surface area contributed by atoms with Gasteiger partial charge in [0.15, 0.2) is 5.78 Å². The van der Waals surface area contributed by atoms with E-state index >= 15 is 0 Å². The van der Waals surface area contributed by atoms with E-state index in [0.29, 0.717) is 16.8 Å². The van der Waals surface area contributed by atoms with Crippen LogP contribution in [0.2, 0.25) is 0 Å². The fraction of sp³-hybridized carbons (Fsp3) is 0.421. The number of carbonyl (C=O) groups is 1. The number of carbonyl (C=O) groups excluding carboxylic acids is 1. The van der Waals surface area contributed by atoms with Gasteiger partial charge in [0.05, 0.1) is 12.3 Å². The number of ether oxygens (including phenoxy) is 1. The first-order valence-electron chi connectivity index (χ1n) is 16.2. The van der Waals surface area contributed by atoms with Crippen LogP contribution in [0.15, 0.2) is 77.8 Å². The maximum Gasteiger partial charge on any atom is 0.185 e. The second-order valence-electron chi connectivity index (χ2n) is 11.3. The predicted octanol–water partition coefficient (Wildman–Crippen LogP) is 10.6. The van der Waals surface area contributed by atoms with Gasteiger partial charge in [-0.1, -0.05) is 109 Å². The van der Waals surface area contributed by atoms with Gasteiger partial charge in [0.2, 0.25) is 0 Å². The van der Waals surface area contributed by atoms with Crippen molar-refractivity contribution in [2.75, 3.05) is 6.61 Å². The molecule has 0 amide bonds. The molecule has 5 nitrogen and oxygen atoms in total. The number of allylic oxidation sites excluding steroid dienone is 1. The van der Waals surface area contributed by atoms with Crippen molar-refractivity contribution < 1.29 is 19.7 Å². The monoisotopic (exact) mass is 583 g/mol. The molecule has 0 unspecified atom stereocenters. The van der Waals surface area contributed by atoms with Crippen molar-refractivity contribution in [2.45, 2.75) is 96.8 Å². The molecule has 0 saturated carbocycles. The number of aromatic hydroxyl groups is 2. The Balaban J connectivity index is 1.26. The number of ketones is 1. The Morgan fingerprint density at radius 1 is 0.721 bits per heavy atom. The Morgan fingerprint density at radius 3 is 1.88 bits per heavy atom. The number of phenols is 2. The van der Waals surface area contributed by atoms with Gasteiger partial charge < -0.3 is 14.9 Å². The molecule has 5 heteroatoms. The van der Waals surface area contributed by atoms with Crippen LogP contribution in [0, 0.1) is 0 Å². The highest BCUT2D eigenvalue weighted by atomic mass is 16.5. The minimum absolute atomic E-state index is 0.00903. The minimum Gasteiger partial charge on any atom is -0.508 e. The van der Waals surface area contributed by atoms with Crippen LogP contribution in [0.25, 0.3) is 6.08 Å². The third-order valence-electron chi connectivity index (χ3n) is 7.59. The first kappa shape index (κ1) is 33.6. The van der Waals surface area contributed by atoms with Crippen LogP contribution in [0.3, 0.4) is 0 Å². The summed E-state index contributed by atoms with van der Waals surface area (Å²) < 4.78 is 5.91. The van der Waals surface area contributed by atoms with Gasteiger partial charge in [0, 0.05) is 23.4 Å². The van der Waals surface area contributed by atoms with Gasteiger partial charge in [-0.25, -0.2) is 0 Å². The van der Waals surface area contributed by atoms with E-state index in [9.17, 15) is 15.0 Å². The molecule has 0 aromatic heterocycles. The maximum atomic E-state index is 12.6. The number of hydrogen-bond donors (Lipinski definition) is 2. The Hall–Kier alpha value is -3.86. The van der Waals surface area contributed by atoms with E-state index in [1.54, 1.807) is 42.5 Å². The lowest BCUT2D eigenvalue weighted by molar-refractivity contribution is 0.104. The average molecular weight is 584 g/mol. The fourth-order valence-electron chi connectivity index (χ4n) is 4.93. The fourth-order valence-corrected chi connectivity index (χ4v) is 4.93. The molecule has 0 aliphatic rings. The highest BCUT2D eigenvalue weighted by Crippen LogP contribution is 2.22. The van der Waals surface area contributed by atoms with Crippen LogP contribution < -0.4 is 4.74 Å². The molecule has 3 rings (SSSR count). The Morgan fingerprint density at radius 2 is 1.30 bits per heavy atom. The average Bonchev–Trinajstić information content (AvgIpc) is 3.02. The number of nitrogens with zero attached hydrogens (tertiary/aromatic N) is 1. The summed E-state index contributed by atoms with van der Waals surface area (Å²) in [4.78, 5) is 16.9. The van der Waals surface area contributed by atoms with Crippen LogP contribution >= 0.6 is 0 Å². The number of aliphatic imine (C=N–C) groups is 1. The summed E-state index contributed by atoms with van der Waals surface area (Å²) >= 11 is 0. The van der Waals surface area contributed by atoms with Gasteiger partial charge in [0.1, 0.15) is 17.2 Å². The number of benzene rings is 3. The SMILES string of the molecule is CCCCCCCCCCCCCCCCOc1ccc(/C=C/C(=O)c2ccc(N=Cc3ccc(O)cc3O)cc2)cc1. The summed E-state index contributed by atoms with van der Waals surface area (Å²) in [7, 11) is 0. The van der Waals surface area contributed by atoms with Crippen LogP contribution in [0.1, 0.15) is 118 Å². The highest BCUT2D eigenvalue weighted by molar-refractivity contribution is 6.07. The zero-order valence-corrected chi connectivity index (χ0v) is 25.8. The van der Waals surface area contributed by atoms with Gasteiger partial charge in [-0.3, -0.25) is 9.79 Å². The van der Waals surface area contributed by atoms with E-state index < -0.39 is 0 Å². The Labute approximate surface area is 258 Å². The van der Waals surface area contributed by atoms with Gasteiger partial charge in [-0.05, 0) is 66.6 Å². The van der Waals surface area contributed by atoms with E-state index in [-0.39, 0.29) is 17.3 Å². The van der Waals surface area contributed by atoms with Crippen molar-refractivity contribution in [3.63, 3.8) is 0 Å². The lowest BCUT2D eigenvalue weighted by Crippen LogP contribution is -1.97. The first-order chi connectivity index (χ1) is 21.0. The largest absolute Gasteiger partial charge is 0.508 e. The van der Waals surface area contributed by atoms with Crippen LogP contribution in [-0.4, -0.2) is 28.8 Å². The van der Waals surface area contributed by atoms with Crippen molar-refractivity contribution in [1.29, 1.82) is 0 Å². The van der Waals surface area contributed by atoms with E-state index in [2.05, 4.69) is 11.9 Å². The van der Waals surface area contributed by atoms with Crippen molar-refractivity contribution >= 4 is 23.8 Å². The summed E-state index contributed by atoms with van der Waals surface area (Å²) in [5, 5.41) is 19.3. The normalized spacial score (nSPS) is 11.5. The van der Waals surface area contributed by atoms with Crippen LogP contribution in [0.4, 0.5) is 5.69 Å². The molecule has 0 atom stereocenters. The Kier molecular flexibility index (Phi) is 15.7. The van der Waals surface area contributed by atoms with Crippen molar-refractivity contribution in [1.82, 2.24) is 0 Å². The van der Waals surface area contributed by atoms with Crippen LogP contribution in [0.5, 0.6) is 17.2 Å². The van der Waals surface area contributed by atoms with E-state index in [0.717, 1.165) is 24.3 Å². The maximum absolute atomic E-state index is 12.6. The van der Waals surface area contributed by atoms with E-state index in [1.165, 1.54) is 102 Å². The zero-order valence-electron chi connectivity index (χ0n) is 25.8. The molecule has 0 fully saturated rings. The molecule has 0 aliphatic carbocycles. The number of rotatable bonds is 21. The van der Waals surface area contributed by atoms with Crippen molar-refractivity contribution in [2.24, 2.45) is 4.99 Å². The molecule has 3 aromatic carbocycles. The number of hydrogen-bond acceptors (Lipinski definition) is 5. The summed E-state index contributed by atoms with van der Waals surface area (Å²) in [5.74, 6) is 0.704. The molecule has 3 aromatic rings. The van der Waals surface area contributed by atoms with Gasteiger partial charge in [-0.15, -0.1) is 0 Å². The summed E-state index contributed by atoms with van der Waals surface area (Å²) in [6.45, 7) is 3.01. The molecule has 0 saturated heterocycles. The van der Waals surface area contributed by atoms with Crippen molar-refractivity contribution in [3.05, 3.63) is 89.5 Å². The smallest absolute Gasteiger partial charge is 0.185 e. The number of unbranched alkanes of at least 4 members (excludes halogenated alkanes) is 13. The quantitative estimate of drug-likeness (QED) is 0.0566. The first-order valence-corrected chi connectivity index (χ1v) is 16.2. The van der Waals surface area contributed by atoms with Gasteiger partial charge in [0.25, 0.3) is 0 Å². The van der Waals surface area contributed by atoms with E-state index in [4.69, 9.17) is 4.74 Å². The Bertz CT molecular complexity index is 1260. The number of phenolic OH excluding ortho intramolecular Hbond substituents is 2. The molecular formula is C38H49NO4. The topological polar surface area (TPSA) is 79.1 Å². The molecule has 230 valence electrons. The summed E-state index contributed by atoms with van der Waals surface area (Å²) in [6, 6.07) is 19.1. The lowest BCUT2D eigenvalue weighted by Gasteiger charge is -2.07. The van der Waals surface area contributed by atoms with E-state index in [1.807, 2.05) is 24.3 Å². The molecule has 0 spiro atoms. The molecule has 0 bridgehead atoms. The summed E-state index contributed by atoms with van der Waals surface area (Å²) in [5.41, 5.74) is 2.65. The molecule has 0 radical (unpaired) electrons. The highest BCUT2D eigenvalue weighted by Gasteiger charge is 2.03. The van der Waals surface area contributed by atoms with Crippen molar-refractivity contribution in [3.8, 4) is 17.2 Å². The lowest BCUT2D eigenvalue weighted by atomic mass is 10.0. The standard InChI is InChI=1S/C38H49NO4/c1-2-3-4-5-6-7-8-9-10-11-12-13-14-15-28-43-36-25-16-31(17-26-36)18-27-37(41)32-19-22-34(23-20-32)39-30-33-21-24-35(40)29-38(33)42/h16-27,29-30,40,42H,2-15,28H2,1H3/b27-18+,39-30?. The van der Waals surface area contributed by atoms with Crippen LogP contribution in [-0.2, 0) is 0 Å². The van der Waals surface area contributed by atoms with Gasteiger partial charge >= 0.3 is 0 Å².